The molecule has 1 aromatic rings. The van der Waals surface area contributed by atoms with Crippen LogP contribution in [0, 0.1) is 17.2 Å². The van der Waals surface area contributed by atoms with Crippen LogP contribution in [0.3, 0.4) is 0 Å². The molecule has 0 bridgehead atoms. The van der Waals surface area contributed by atoms with Crippen molar-refractivity contribution in [2.24, 2.45) is 10.9 Å². The van der Waals surface area contributed by atoms with Crippen LogP contribution in [-0.4, -0.2) is 17.4 Å². The minimum absolute atomic E-state index is 0.308. The normalized spacial score (nSPS) is 22.9. The maximum absolute atomic E-state index is 12.3. The van der Waals surface area contributed by atoms with Gasteiger partial charge in [0.05, 0.1) is 22.3 Å². The Hall–Kier alpha value is -1.77. The topological polar surface area (TPSA) is 77.3 Å². The van der Waals surface area contributed by atoms with E-state index < -0.39 is 11.5 Å². The van der Waals surface area contributed by atoms with Crippen molar-refractivity contribution in [3.8, 4) is 6.07 Å². The molecule has 23 heavy (non-hydrogen) atoms. The SMILES string of the molecule is N#CC1C(=O)NC(Nc2ccc(Cl)cc2Cl)=NC12CCCCC2. The number of anilines is 1. The minimum atomic E-state index is -0.742. The molecule has 1 aliphatic carbocycles. The minimum Gasteiger partial charge on any atom is -0.325 e. The number of hydrogen-bond donors (Lipinski definition) is 2. The van der Waals surface area contributed by atoms with Crippen LogP contribution in [0.4, 0.5) is 5.69 Å². The molecule has 1 atom stereocenters. The smallest absolute Gasteiger partial charge is 0.246 e. The highest BCUT2D eigenvalue weighted by atomic mass is 35.5. The molecule has 2 N–H and O–H groups in total. The first-order valence-electron chi connectivity index (χ1n) is 7.56. The second-order valence-corrected chi connectivity index (χ2v) is 6.77. The fraction of sp³-hybridized carbons (Fsp3) is 0.438. The molecule has 0 radical (unpaired) electrons. The first kappa shape index (κ1) is 16.1. The zero-order valence-corrected chi connectivity index (χ0v) is 13.9. The summed E-state index contributed by atoms with van der Waals surface area (Å²) >= 11 is 12.0. The van der Waals surface area contributed by atoms with E-state index in [1.165, 1.54) is 0 Å². The molecule has 1 fully saturated rings. The van der Waals surface area contributed by atoms with E-state index in [-0.39, 0.29) is 5.91 Å². The molecule has 1 unspecified atom stereocenters. The first-order chi connectivity index (χ1) is 11.0. The lowest BCUT2D eigenvalue weighted by atomic mass is 9.72. The summed E-state index contributed by atoms with van der Waals surface area (Å²) in [5.74, 6) is -0.710. The van der Waals surface area contributed by atoms with Crippen LogP contribution in [0.15, 0.2) is 23.2 Å². The maximum atomic E-state index is 12.3. The number of halogens is 2. The van der Waals surface area contributed by atoms with Gasteiger partial charge < -0.3 is 5.32 Å². The first-order valence-corrected chi connectivity index (χ1v) is 8.32. The molecule has 2 aliphatic rings. The average molecular weight is 351 g/mol. The highest BCUT2D eigenvalue weighted by Crippen LogP contribution is 2.39. The van der Waals surface area contributed by atoms with Gasteiger partial charge in [-0.1, -0.05) is 42.5 Å². The van der Waals surface area contributed by atoms with Gasteiger partial charge in [0.1, 0.15) is 0 Å². The number of benzene rings is 1. The van der Waals surface area contributed by atoms with Crippen molar-refractivity contribution < 1.29 is 4.79 Å². The molecule has 1 heterocycles. The Balaban J connectivity index is 1.92. The lowest BCUT2D eigenvalue weighted by Gasteiger charge is -2.39. The van der Waals surface area contributed by atoms with Crippen LogP contribution in [0.1, 0.15) is 32.1 Å². The second-order valence-electron chi connectivity index (χ2n) is 5.93. The van der Waals surface area contributed by atoms with Crippen molar-refractivity contribution in [3.63, 3.8) is 0 Å². The predicted molar refractivity (Wildman–Crippen MR) is 90.6 cm³/mol. The molecule has 0 aromatic heterocycles. The van der Waals surface area contributed by atoms with Gasteiger partial charge in [-0.25, -0.2) is 4.99 Å². The molecule has 120 valence electrons. The zero-order chi connectivity index (χ0) is 16.4. The molecule has 1 amide bonds. The third-order valence-electron chi connectivity index (χ3n) is 4.41. The van der Waals surface area contributed by atoms with Gasteiger partial charge in [-0.05, 0) is 31.0 Å². The molecule has 5 nitrogen and oxygen atoms in total. The van der Waals surface area contributed by atoms with E-state index in [1.54, 1.807) is 18.2 Å². The van der Waals surface area contributed by atoms with E-state index in [0.29, 0.717) is 21.7 Å². The van der Waals surface area contributed by atoms with E-state index in [2.05, 4.69) is 16.7 Å². The summed E-state index contributed by atoms with van der Waals surface area (Å²) in [6, 6.07) is 7.17. The molecule has 7 heteroatoms. The third kappa shape index (κ3) is 3.15. The molecule has 1 aliphatic heterocycles. The van der Waals surface area contributed by atoms with Gasteiger partial charge in [-0.3, -0.25) is 10.1 Å². The van der Waals surface area contributed by atoms with Crippen molar-refractivity contribution in [2.45, 2.75) is 37.6 Å². The number of carbonyl (C=O) groups is 1. The summed E-state index contributed by atoms with van der Waals surface area (Å²) < 4.78 is 0. The van der Waals surface area contributed by atoms with Gasteiger partial charge in [0.25, 0.3) is 0 Å². The van der Waals surface area contributed by atoms with E-state index in [4.69, 9.17) is 28.2 Å². The number of nitriles is 1. The van der Waals surface area contributed by atoms with Gasteiger partial charge in [0.15, 0.2) is 5.92 Å². The Morgan fingerprint density at radius 3 is 2.70 bits per heavy atom. The molecular formula is C16H16Cl2N4O. The number of amides is 1. The van der Waals surface area contributed by atoms with Crippen LogP contribution in [0.25, 0.3) is 0 Å². The Kier molecular flexibility index (Phi) is 4.47. The number of nitrogens with zero attached hydrogens (tertiary/aromatic N) is 2. The molecule has 1 aromatic carbocycles. The monoisotopic (exact) mass is 350 g/mol. The summed E-state index contributed by atoms with van der Waals surface area (Å²) in [5.41, 5.74) is -0.0205. The standard InChI is InChI=1S/C16H16Cl2N4O/c17-10-4-5-13(12(18)8-10)20-15-21-14(23)11(9-19)16(22-15)6-2-1-3-7-16/h4-5,8,11H,1-3,6-7H2,(H2,20,21,22,23). The quantitative estimate of drug-likeness (QED) is 0.809. The molecule has 1 saturated carbocycles. The highest BCUT2D eigenvalue weighted by Gasteiger charge is 2.47. The lowest BCUT2D eigenvalue weighted by Crippen LogP contribution is -2.55. The molecule has 0 saturated heterocycles. The number of nitrogens with one attached hydrogen (secondary N) is 2. The zero-order valence-electron chi connectivity index (χ0n) is 12.4. The Morgan fingerprint density at radius 1 is 1.30 bits per heavy atom. The summed E-state index contributed by atoms with van der Waals surface area (Å²) in [4.78, 5) is 17.0. The fourth-order valence-corrected chi connectivity index (χ4v) is 3.72. The van der Waals surface area contributed by atoms with Crippen molar-refractivity contribution in [3.05, 3.63) is 28.2 Å². The van der Waals surface area contributed by atoms with Crippen molar-refractivity contribution in [1.82, 2.24) is 5.32 Å². The van der Waals surface area contributed by atoms with Crippen molar-refractivity contribution >= 4 is 40.8 Å². The van der Waals surface area contributed by atoms with Crippen LogP contribution >= 0.6 is 23.2 Å². The van der Waals surface area contributed by atoms with E-state index in [0.717, 1.165) is 32.1 Å². The van der Waals surface area contributed by atoms with Crippen LogP contribution in [0.2, 0.25) is 10.0 Å². The van der Waals surface area contributed by atoms with Gasteiger partial charge >= 0.3 is 0 Å². The second kappa shape index (κ2) is 6.38. The largest absolute Gasteiger partial charge is 0.325 e. The van der Waals surface area contributed by atoms with Gasteiger partial charge in [0, 0.05) is 5.02 Å². The Morgan fingerprint density at radius 2 is 2.04 bits per heavy atom. The number of hydrogen-bond acceptors (Lipinski definition) is 4. The fourth-order valence-electron chi connectivity index (χ4n) is 3.27. The highest BCUT2D eigenvalue weighted by molar-refractivity contribution is 6.36. The number of rotatable bonds is 1. The summed E-state index contributed by atoms with van der Waals surface area (Å²) in [6.45, 7) is 0. The van der Waals surface area contributed by atoms with Crippen molar-refractivity contribution in [1.29, 1.82) is 5.26 Å². The third-order valence-corrected chi connectivity index (χ3v) is 4.96. The van der Waals surface area contributed by atoms with Gasteiger partial charge in [-0.15, -0.1) is 0 Å². The maximum Gasteiger partial charge on any atom is 0.246 e. The number of guanidine groups is 1. The van der Waals surface area contributed by atoms with Crippen LogP contribution in [-0.2, 0) is 4.79 Å². The Labute approximate surface area is 144 Å². The van der Waals surface area contributed by atoms with Crippen LogP contribution in [0.5, 0.6) is 0 Å². The number of carbonyl (C=O) groups excluding carboxylic acids is 1. The van der Waals surface area contributed by atoms with E-state index in [9.17, 15) is 10.1 Å². The van der Waals surface area contributed by atoms with Gasteiger partial charge in [-0.2, -0.15) is 5.26 Å². The molecule has 1 spiro atoms. The summed E-state index contributed by atoms with van der Waals surface area (Å²) in [7, 11) is 0. The molecular weight excluding hydrogens is 335 g/mol. The summed E-state index contributed by atoms with van der Waals surface area (Å²) in [6.07, 6.45) is 4.56. The molecule has 3 rings (SSSR count). The predicted octanol–water partition coefficient (Wildman–Crippen LogP) is 3.73. The van der Waals surface area contributed by atoms with Crippen LogP contribution < -0.4 is 10.6 Å². The Bertz CT molecular complexity index is 705. The van der Waals surface area contributed by atoms with Gasteiger partial charge in [0.2, 0.25) is 11.9 Å². The van der Waals surface area contributed by atoms with E-state index in [1.807, 2.05) is 0 Å². The number of aliphatic imine (C=N–C) groups is 1. The average Bonchev–Trinajstić information content (AvgIpc) is 2.51. The van der Waals surface area contributed by atoms with E-state index >= 15 is 0 Å². The lowest BCUT2D eigenvalue weighted by molar-refractivity contribution is -0.124. The van der Waals surface area contributed by atoms with Crippen molar-refractivity contribution in [2.75, 3.05) is 5.32 Å². The summed E-state index contributed by atoms with van der Waals surface area (Å²) in [5, 5.41) is 16.1.